The number of hydrogen-bond donors (Lipinski definition) is 0. The third-order valence-corrected chi connectivity index (χ3v) is 2.01. The van der Waals surface area contributed by atoms with Gasteiger partial charge in [0, 0.05) is 0 Å². The van der Waals surface area contributed by atoms with Gasteiger partial charge in [-0.05, 0) is 28.1 Å². The number of hydrogen-bond acceptors (Lipinski definition) is 2. The second-order valence-electron chi connectivity index (χ2n) is 2.01. The van der Waals surface area contributed by atoms with Gasteiger partial charge in [0.25, 0.3) is 0 Å². The van der Waals surface area contributed by atoms with Crippen LogP contribution in [0.4, 0.5) is 0 Å². The third kappa shape index (κ3) is 0.609. The van der Waals surface area contributed by atoms with Crippen molar-refractivity contribution in [2.24, 2.45) is 0 Å². The Morgan fingerprint density at radius 3 is 2.80 bits per heavy atom. The quantitative estimate of drug-likeness (QED) is 0.597. The average molecular weight is 199 g/mol. The minimum atomic E-state index is -0.240. The van der Waals surface area contributed by atoms with Crippen LogP contribution in [0.2, 0.25) is 0 Å². The monoisotopic (exact) mass is 198 g/mol. The molecule has 0 atom stereocenters. The minimum Gasteiger partial charge on any atom is -0.421 e. The van der Waals surface area contributed by atoms with Gasteiger partial charge in [0.05, 0.1) is 4.47 Å². The molecule has 0 saturated carbocycles. The van der Waals surface area contributed by atoms with Gasteiger partial charge in [-0.1, -0.05) is 6.07 Å². The molecular formula is C7H3BrO2. The molecule has 0 fully saturated rings. The maximum Gasteiger partial charge on any atom is 0.347 e. The van der Waals surface area contributed by atoms with Crippen molar-refractivity contribution >= 4 is 21.9 Å². The first-order chi connectivity index (χ1) is 4.79. The average Bonchev–Trinajstić information content (AvgIpc) is 1.91. The Morgan fingerprint density at radius 2 is 2.20 bits per heavy atom. The third-order valence-electron chi connectivity index (χ3n) is 1.38. The molecule has 1 aliphatic heterocycles. The van der Waals surface area contributed by atoms with Gasteiger partial charge in [-0.2, -0.15) is 0 Å². The number of esters is 1. The molecular weight excluding hydrogens is 196 g/mol. The molecule has 1 aliphatic rings. The van der Waals surface area contributed by atoms with E-state index in [2.05, 4.69) is 15.9 Å². The first kappa shape index (κ1) is 5.92. The fraction of sp³-hybridized carbons (Fsp3) is 0. The number of fused-ring (bicyclic) bond motifs is 1. The zero-order valence-electron chi connectivity index (χ0n) is 4.93. The van der Waals surface area contributed by atoms with Crippen molar-refractivity contribution in [3.05, 3.63) is 28.2 Å². The molecule has 0 amide bonds. The second kappa shape index (κ2) is 1.83. The van der Waals surface area contributed by atoms with E-state index in [4.69, 9.17) is 4.74 Å². The molecule has 0 radical (unpaired) electrons. The fourth-order valence-corrected chi connectivity index (χ4v) is 1.32. The Hall–Kier alpha value is -0.830. The molecule has 1 aromatic carbocycles. The van der Waals surface area contributed by atoms with Crippen molar-refractivity contribution < 1.29 is 9.53 Å². The van der Waals surface area contributed by atoms with Crippen molar-refractivity contribution in [2.75, 3.05) is 0 Å². The molecule has 0 aromatic heterocycles. The van der Waals surface area contributed by atoms with E-state index >= 15 is 0 Å². The summed E-state index contributed by atoms with van der Waals surface area (Å²) in [6.07, 6.45) is 0. The lowest BCUT2D eigenvalue weighted by molar-refractivity contribution is 0.0656. The number of halogens is 1. The number of para-hydroxylation sites is 1. The highest BCUT2D eigenvalue weighted by Crippen LogP contribution is 2.36. The van der Waals surface area contributed by atoms with E-state index in [1.54, 1.807) is 6.07 Å². The number of ether oxygens (including phenoxy) is 1. The Labute approximate surface area is 65.9 Å². The highest BCUT2D eigenvalue weighted by atomic mass is 79.9. The first-order valence-electron chi connectivity index (χ1n) is 2.80. The van der Waals surface area contributed by atoms with Crippen molar-refractivity contribution in [3.8, 4) is 5.75 Å². The van der Waals surface area contributed by atoms with Gasteiger partial charge in [-0.15, -0.1) is 0 Å². The Balaban J connectivity index is 2.66. The molecule has 0 saturated heterocycles. The van der Waals surface area contributed by atoms with E-state index in [1.165, 1.54) is 0 Å². The van der Waals surface area contributed by atoms with Crippen LogP contribution in [0, 0.1) is 0 Å². The van der Waals surface area contributed by atoms with E-state index in [0.717, 1.165) is 4.47 Å². The van der Waals surface area contributed by atoms with Crippen LogP contribution >= 0.6 is 15.9 Å². The van der Waals surface area contributed by atoms with E-state index in [-0.39, 0.29) is 5.97 Å². The number of benzene rings is 1. The van der Waals surface area contributed by atoms with Crippen LogP contribution < -0.4 is 4.74 Å². The maximum absolute atomic E-state index is 10.6. The highest BCUT2D eigenvalue weighted by Gasteiger charge is 2.27. The summed E-state index contributed by atoms with van der Waals surface area (Å²) in [4.78, 5) is 10.6. The largest absolute Gasteiger partial charge is 0.421 e. The summed E-state index contributed by atoms with van der Waals surface area (Å²) in [5.41, 5.74) is 0.661. The van der Waals surface area contributed by atoms with E-state index in [0.29, 0.717) is 11.3 Å². The van der Waals surface area contributed by atoms with Crippen LogP contribution in [0.25, 0.3) is 0 Å². The molecule has 1 aromatic rings. The van der Waals surface area contributed by atoms with Crippen molar-refractivity contribution in [2.45, 2.75) is 0 Å². The predicted octanol–water partition coefficient (Wildman–Crippen LogP) is 1.98. The van der Waals surface area contributed by atoms with Gasteiger partial charge in [-0.25, -0.2) is 4.79 Å². The number of rotatable bonds is 0. The first-order valence-corrected chi connectivity index (χ1v) is 3.59. The smallest absolute Gasteiger partial charge is 0.347 e. The Kier molecular flexibility index (Phi) is 1.08. The SMILES string of the molecule is O=C1Oc2c(Br)cccc21. The fourth-order valence-electron chi connectivity index (χ4n) is 0.875. The standard InChI is InChI=1S/C7H3BrO2/c8-5-3-1-2-4-6(5)10-7(4)9/h1-3H. The van der Waals surface area contributed by atoms with Crippen LogP contribution in [0.3, 0.4) is 0 Å². The summed E-state index contributed by atoms with van der Waals surface area (Å²) in [6, 6.07) is 5.39. The molecule has 2 rings (SSSR count). The van der Waals surface area contributed by atoms with E-state index < -0.39 is 0 Å². The van der Waals surface area contributed by atoms with Crippen LogP contribution in [0.5, 0.6) is 5.75 Å². The number of carbonyl (C=O) groups is 1. The van der Waals surface area contributed by atoms with Gasteiger partial charge >= 0.3 is 5.97 Å². The van der Waals surface area contributed by atoms with Crippen molar-refractivity contribution in [3.63, 3.8) is 0 Å². The van der Waals surface area contributed by atoms with Gasteiger partial charge in [0.15, 0.2) is 5.75 Å². The van der Waals surface area contributed by atoms with Crippen LogP contribution in [0.1, 0.15) is 10.4 Å². The molecule has 50 valence electrons. The second-order valence-corrected chi connectivity index (χ2v) is 2.86. The van der Waals surface area contributed by atoms with Crippen LogP contribution in [-0.4, -0.2) is 5.97 Å². The van der Waals surface area contributed by atoms with Gasteiger partial charge in [0.1, 0.15) is 5.56 Å². The maximum atomic E-state index is 10.6. The molecule has 0 bridgehead atoms. The lowest BCUT2D eigenvalue weighted by Gasteiger charge is -2.17. The predicted molar refractivity (Wildman–Crippen MR) is 39.1 cm³/mol. The molecule has 0 unspecified atom stereocenters. The molecule has 2 nitrogen and oxygen atoms in total. The topological polar surface area (TPSA) is 26.3 Å². The van der Waals surface area contributed by atoms with Gasteiger partial charge in [0.2, 0.25) is 0 Å². The van der Waals surface area contributed by atoms with E-state index in [1.807, 2.05) is 12.1 Å². The summed E-state index contributed by atoms with van der Waals surface area (Å²) in [7, 11) is 0. The lowest BCUT2D eigenvalue weighted by Crippen LogP contribution is -2.20. The van der Waals surface area contributed by atoms with Crippen molar-refractivity contribution in [1.82, 2.24) is 0 Å². The number of carbonyl (C=O) groups excluding carboxylic acids is 1. The molecule has 0 aliphatic carbocycles. The zero-order chi connectivity index (χ0) is 7.14. The van der Waals surface area contributed by atoms with Crippen LogP contribution in [-0.2, 0) is 0 Å². The summed E-state index contributed by atoms with van der Waals surface area (Å²) in [5, 5.41) is 0. The highest BCUT2D eigenvalue weighted by molar-refractivity contribution is 9.10. The molecule has 1 heterocycles. The summed E-state index contributed by atoms with van der Waals surface area (Å²) < 4.78 is 5.57. The molecule has 0 spiro atoms. The minimum absolute atomic E-state index is 0.240. The zero-order valence-corrected chi connectivity index (χ0v) is 6.51. The summed E-state index contributed by atoms with van der Waals surface area (Å²) in [6.45, 7) is 0. The van der Waals surface area contributed by atoms with E-state index in [9.17, 15) is 4.79 Å². The van der Waals surface area contributed by atoms with Crippen LogP contribution in [0.15, 0.2) is 22.7 Å². The van der Waals surface area contributed by atoms with Crippen molar-refractivity contribution in [1.29, 1.82) is 0 Å². The normalized spacial score (nSPS) is 13.5. The summed E-state index contributed by atoms with van der Waals surface area (Å²) >= 11 is 3.25. The lowest BCUT2D eigenvalue weighted by atomic mass is 10.1. The molecule has 3 heteroatoms. The van der Waals surface area contributed by atoms with Gasteiger partial charge < -0.3 is 4.74 Å². The Morgan fingerprint density at radius 1 is 1.40 bits per heavy atom. The molecule has 10 heavy (non-hydrogen) atoms. The Bertz CT molecular complexity index is 306. The molecule has 0 N–H and O–H groups in total. The van der Waals surface area contributed by atoms with Gasteiger partial charge in [-0.3, -0.25) is 0 Å². The summed E-state index contributed by atoms with van der Waals surface area (Å²) in [5.74, 6) is 0.420.